The normalized spacial score (nSPS) is 10.3. The van der Waals surface area contributed by atoms with Gasteiger partial charge < -0.3 is 4.74 Å². The van der Waals surface area contributed by atoms with Gasteiger partial charge in [-0.3, -0.25) is 0 Å². The Morgan fingerprint density at radius 3 is 3.19 bits per heavy atom. The first-order chi connectivity index (χ1) is 7.81. The van der Waals surface area contributed by atoms with Crippen LogP contribution in [0, 0.1) is 0 Å². The number of aromatic nitrogens is 5. The summed E-state index contributed by atoms with van der Waals surface area (Å²) in [5.74, 6) is -0.433. The average Bonchev–Trinajstić information content (AvgIpc) is 2.90. The standard InChI is InChI=1S/C8H9N5O2S/c1-2-15-8(14)7-10-11-12-13(7)3-6-4-16-5-9-6/h4-5H,2-3H2,1H3. The quantitative estimate of drug-likeness (QED) is 0.716. The minimum Gasteiger partial charge on any atom is -0.460 e. The molecule has 84 valence electrons. The van der Waals surface area contributed by atoms with Gasteiger partial charge in [-0.15, -0.1) is 16.4 Å². The molecule has 0 bridgehead atoms. The van der Waals surface area contributed by atoms with Gasteiger partial charge in [-0.2, -0.15) is 0 Å². The van der Waals surface area contributed by atoms with Crippen molar-refractivity contribution in [2.45, 2.75) is 13.5 Å². The third kappa shape index (κ3) is 2.22. The molecule has 0 aliphatic carbocycles. The third-order valence-electron chi connectivity index (χ3n) is 1.79. The largest absolute Gasteiger partial charge is 0.460 e. The summed E-state index contributed by atoms with van der Waals surface area (Å²) >= 11 is 1.48. The molecule has 0 unspecified atom stereocenters. The van der Waals surface area contributed by atoms with Gasteiger partial charge in [0.1, 0.15) is 0 Å². The van der Waals surface area contributed by atoms with Gasteiger partial charge in [0.2, 0.25) is 0 Å². The van der Waals surface area contributed by atoms with Crippen LogP contribution < -0.4 is 0 Å². The van der Waals surface area contributed by atoms with Crippen molar-refractivity contribution < 1.29 is 9.53 Å². The van der Waals surface area contributed by atoms with Crippen LogP contribution in [0.2, 0.25) is 0 Å². The second kappa shape index (κ2) is 4.79. The van der Waals surface area contributed by atoms with Gasteiger partial charge in [0.05, 0.1) is 24.4 Å². The molecule has 0 radical (unpaired) electrons. The Hall–Kier alpha value is -1.83. The van der Waals surface area contributed by atoms with Crippen LogP contribution in [0.4, 0.5) is 0 Å². The van der Waals surface area contributed by atoms with E-state index in [4.69, 9.17) is 4.74 Å². The summed E-state index contributed by atoms with van der Waals surface area (Å²) in [5, 5.41) is 12.6. The van der Waals surface area contributed by atoms with E-state index in [9.17, 15) is 4.79 Å². The molecule has 0 fully saturated rings. The Morgan fingerprint density at radius 1 is 1.62 bits per heavy atom. The summed E-state index contributed by atoms with van der Waals surface area (Å²) in [6.45, 7) is 2.39. The van der Waals surface area contributed by atoms with Crippen LogP contribution in [-0.4, -0.2) is 37.8 Å². The first-order valence-corrected chi connectivity index (χ1v) is 5.56. The highest BCUT2D eigenvalue weighted by atomic mass is 32.1. The van der Waals surface area contributed by atoms with Crippen LogP contribution in [0.3, 0.4) is 0 Å². The predicted octanol–water partition coefficient (Wildman–Crippen LogP) is 0.355. The molecule has 0 aromatic carbocycles. The molecule has 0 aliphatic rings. The maximum atomic E-state index is 11.5. The van der Waals surface area contributed by atoms with Crippen molar-refractivity contribution in [3.63, 3.8) is 0 Å². The van der Waals surface area contributed by atoms with Gasteiger partial charge in [0.25, 0.3) is 5.82 Å². The van der Waals surface area contributed by atoms with Gasteiger partial charge in [-0.25, -0.2) is 14.5 Å². The van der Waals surface area contributed by atoms with Crippen LogP contribution in [-0.2, 0) is 11.3 Å². The maximum absolute atomic E-state index is 11.5. The zero-order chi connectivity index (χ0) is 11.4. The Kier molecular flexibility index (Phi) is 3.20. The molecule has 0 spiro atoms. The van der Waals surface area contributed by atoms with Crippen LogP contribution in [0.5, 0.6) is 0 Å². The molecular formula is C8H9N5O2S. The number of ether oxygens (including phenoxy) is 1. The zero-order valence-corrected chi connectivity index (χ0v) is 9.35. The molecule has 0 atom stereocenters. The van der Waals surface area contributed by atoms with Gasteiger partial charge >= 0.3 is 5.97 Å². The number of thiazole rings is 1. The third-order valence-corrected chi connectivity index (χ3v) is 2.42. The minimum absolute atomic E-state index is 0.0925. The first kappa shape index (κ1) is 10.7. The Labute approximate surface area is 95.1 Å². The number of esters is 1. The number of carbonyl (C=O) groups excluding carboxylic acids is 1. The lowest BCUT2D eigenvalue weighted by molar-refractivity contribution is 0.0505. The average molecular weight is 239 g/mol. The minimum atomic E-state index is -0.525. The van der Waals surface area contributed by atoms with Crippen LogP contribution in [0.25, 0.3) is 0 Å². The number of nitrogens with zero attached hydrogens (tertiary/aromatic N) is 5. The number of rotatable bonds is 4. The molecule has 2 heterocycles. The molecule has 2 rings (SSSR count). The van der Waals surface area contributed by atoms with Crippen molar-refractivity contribution in [2.24, 2.45) is 0 Å². The summed E-state index contributed by atoms with van der Waals surface area (Å²) in [5.41, 5.74) is 2.52. The molecule has 0 saturated carbocycles. The fourth-order valence-corrected chi connectivity index (χ4v) is 1.67. The van der Waals surface area contributed by atoms with Crippen molar-refractivity contribution >= 4 is 17.3 Å². The van der Waals surface area contributed by atoms with Gasteiger partial charge in [0.15, 0.2) is 0 Å². The van der Waals surface area contributed by atoms with Crippen LogP contribution >= 0.6 is 11.3 Å². The molecule has 0 saturated heterocycles. The second-order valence-electron chi connectivity index (χ2n) is 2.86. The zero-order valence-electron chi connectivity index (χ0n) is 8.53. The fourth-order valence-electron chi connectivity index (χ4n) is 1.12. The highest BCUT2D eigenvalue weighted by Gasteiger charge is 2.16. The topological polar surface area (TPSA) is 82.8 Å². The van der Waals surface area contributed by atoms with Crippen molar-refractivity contribution in [3.05, 3.63) is 22.4 Å². The van der Waals surface area contributed by atoms with E-state index >= 15 is 0 Å². The lowest BCUT2D eigenvalue weighted by Gasteiger charge is -2.01. The smallest absolute Gasteiger partial charge is 0.378 e. The van der Waals surface area contributed by atoms with E-state index in [1.165, 1.54) is 16.0 Å². The number of tetrazole rings is 1. The summed E-state index contributed by atoms with van der Waals surface area (Å²) in [7, 11) is 0. The summed E-state index contributed by atoms with van der Waals surface area (Å²) < 4.78 is 6.19. The SMILES string of the molecule is CCOC(=O)c1nnnn1Cc1cscn1. The van der Waals surface area contributed by atoms with Crippen LogP contribution in [0.15, 0.2) is 10.9 Å². The van der Waals surface area contributed by atoms with E-state index in [1.807, 2.05) is 5.38 Å². The van der Waals surface area contributed by atoms with Crippen molar-refractivity contribution in [3.8, 4) is 0 Å². The number of carbonyl (C=O) groups is 1. The highest BCUT2D eigenvalue weighted by molar-refractivity contribution is 7.07. The van der Waals surface area contributed by atoms with Crippen molar-refractivity contribution in [1.82, 2.24) is 25.2 Å². The van der Waals surface area contributed by atoms with E-state index in [1.54, 1.807) is 12.4 Å². The van der Waals surface area contributed by atoms with Crippen molar-refractivity contribution in [1.29, 1.82) is 0 Å². The molecule has 2 aromatic rings. The van der Waals surface area contributed by atoms with Crippen molar-refractivity contribution in [2.75, 3.05) is 6.61 Å². The lowest BCUT2D eigenvalue weighted by Crippen LogP contribution is -2.15. The Morgan fingerprint density at radius 2 is 2.50 bits per heavy atom. The lowest BCUT2D eigenvalue weighted by atomic mass is 10.5. The van der Waals surface area contributed by atoms with Gasteiger partial charge in [-0.05, 0) is 17.4 Å². The molecule has 0 amide bonds. The van der Waals surface area contributed by atoms with E-state index in [0.717, 1.165) is 5.69 Å². The molecule has 7 nitrogen and oxygen atoms in total. The monoisotopic (exact) mass is 239 g/mol. The molecular weight excluding hydrogens is 230 g/mol. The van der Waals surface area contributed by atoms with E-state index in [0.29, 0.717) is 13.2 Å². The highest BCUT2D eigenvalue weighted by Crippen LogP contribution is 2.04. The number of hydrogen-bond donors (Lipinski definition) is 0. The molecule has 0 N–H and O–H groups in total. The summed E-state index contributed by atoms with van der Waals surface area (Å²) in [6.07, 6.45) is 0. The van der Waals surface area contributed by atoms with Gasteiger partial charge in [-0.1, -0.05) is 0 Å². The predicted molar refractivity (Wildman–Crippen MR) is 55.0 cm³/mol. The van der Waals surface area contributed by atoms with E-state index < -0.39 is 5.97 Å². The molecule has 16 heavy (non-hydrogen) atoms. The van der Waals surface area contributed by atoms with E-state index in [-0.39, 0.29) is 5.82 Å². The fraction of sp³-hybridized carbons (Fsp3) is 0.375. The Balaban J connectivity index is 2.16. The second-order valence-corrected chi connectivity index (χ2v) is 3.58. The first-order valence-electron chi connectivity index (χ1n) is 4.61. The molecule has 8 heteroatoms. The molecule has 0 aliphatic heterocycles. The van der Waals surface area contributed by atoms with E-state index in [2.05, 4.69) is 20.5 Å². The Bertz CT molecular complexity index is 466. The summed E-state index contributed by atoms with van der Waals surface area (Å²) in [4.78, 5) is 15.5. The van der Waals surface area contributed by atoms with Gasteiger partial charge in [0, 0.05) is 5.38 Å². The maximum Gasteiger partial charge on any atom is 0.378 e. The van der Waals surface area contributed by atoms with Crippen LogP contribution in [0.1, 0.15) is 23.2 Å². The summed E-state index contributed by atoms with van der Waals surface area (Å²) in [6, 6.07) is 0. The molecule has 2 aromatic heterocycles. The number of hydrogen-bond acceptors (Lipinski definition) is 7.